The molecule has 0 aliphatic heterocycles. The number of nitrogen functional groups attached to an aromatic ring is 1. The fraction of sp³-hybridized carbons (Fsp3) is 0.182. The summed E-state index contributed by atoms with van der Waals surface area (Å²) in [7, 11) is 0. The van der Waals surface area contributed by atoms with Crippen molar-refractivity contribution in [3.8, 4) is 17.1 Å². The maximum absolute atomic E-state index is 6.20. The van der Waals surface area contributed by atoms with Gasteiger partial charge < -0.3 is 10.5 Å². The minimum atomic E-state index is 0.281. The van der Waals surface area contributed by atoms with Crippen molar-refractivity contribution in [2.24, 2.45) is 0 Å². The number of aromatic nitrogens is 6. The lowest BCUT2D eigenvalue weighted by molar-refractivity contribution is 0.340. The van der Waals surface area contributed by atoms with Crippen molar-refractivity contribution in [3.05, 3.63) is 66.4 Å². The predicted molar refractivity (Wildman–Crippen MR) is 115 cm³/mol. The lowest BCUT2D eigenvalue weighted by Crippen LogP contribution is -2.07. The van der Waals surface area contributed by atoms with Gasteiger partial charge in [0.25, 0.3) is 0 Å². The molecule has 0 amide bonds. The van der Waals surface area contributed by atoms with Crippen molar-refractivity contribution in [2.45, 2.75) is 19.9 Å². The van der Waals surface area contributed by atoms with Crippen LogP contribution in [0.4, 0.5) is 5.95 Å². The standard InChI is InChI=1S/C22H21N7O/c1-2-30-17-10-8-16(9-11-17)19-25-21-18-14-24-28(13-12-15-6-4-3-5-7-15)20(18)26-22(23)29(21)27-19/h3-11,14H,2,12-13H2,1H3,(H2,23,26). The number of anilines is 1. The van der Waals surface area contributed by atoms with E-state index in [4.69, 9.17) is 15.5 Å². The largest absolute Gasteiger partial charge is 0.494 e. The van der Waals surface area contributed by atoms with Crippen LogP contribution in [0, 0.1) is 0 Å². The summed E-state index contributed by atoms with van der Waals surface area (Å²) in [5.41, 5.74) is 9.68. The van der Waals surface area contributed by atoms with Gasteiger partial charge in [0.15, 0.2) is 17.1 Å². The number of hydrogen-bond donors (Lipinski definition) is 1. The minimum absolute atomic E-state index is 0.281. The maximum atomic E-state index is 6.20. The first-order valence-corrected chi connectivity index (χ1v) is 9.88. The van der Waals surface area contributed by atoms with Gasteiger partial charge in [-0.25, -0.2) is 9.67 Å². The lowest BCUT2D eigenvalue weighted by Gasteiger charge is -2.04. The maximum Gasteiger partial charge on any atom is 0.225 e. The Kier molecular flexibility index (Phi) is 4.51. The summed E-state index contributed by atoms with van der Waals surface area (Å²) in [5, 5.41) is 9.89. The topological polar surface area (TPSA) is 96.2 Å². The Morgan fingerprint density at radius 3 is 2.53 bits per heavy atom. The first kappa shape index (κ1) is 18.1. The molecule has 3 heterocycles. The second-order valence-electron chi connectivity index (χ2n) is 6.94. The molecule has 0 aliphatic carbocycles. The Hall–Kier alpha value is -3.94. The molecule has 5 aromatic rings. The van der Waals surface area contributed by atoms with E-state index in [-0.39, 0.29) is 5.95 Å². The minimum Gasteiger partial charge on any atom is -0.494 e. The van der Waals surface area contributed by atoms with Gasteiger partial charge in [-0.3, -0.25) is 0 Å². The molecule has 2 N–H and O–H groups in total. The van der Waals surface area contributed by atoms with E-state index in [0.29, 0.717) is 30.3 Å². The van der Waals surface area contributed by atoms with E-state index in [1.54, 1.807) is 10.7 Å². The third kappa shape index (κ3) is 3.22. The molecule has 0 atom stereocenters. The summed E-state index contributed by atoms with van der Waals surface area (Å²) in [6.07, 6.45) is 2.63. The van der Waals surface area contributed by atoms with Crippen LogP contribution in [0.1, 0.15) is 12.5 Å². The molecule has 0 saturated carbocycles. The third-order valence-electron chi connectivity index (χ3n) is 4.98. The Bertz CT molecular complexity index is 1310. The van der Waals surface area contributed by atoms with E-state index < -0.39 is 0 Å². The van der Waals surface area contributed by atoms with Gasteiger partial charge >= 0.3 is 0 Å². The quantitative estimate of drug-likeness (QED) is 0.470. The van der Waals surface area contributed by atoms with Gasteiger partial charge in [0.1, 0.15) is 5.75 Å². The number of nitrogens with zero attached hydrogens (tertiary/aromatic N) is 6. The van der Waals surface area contributed by atoms with E-state index in [0.717, 1.165) is 23.1 Å². The molecule has 3 aromatic heterocycles. The van der Waals surface area contributed by atoms with E-state index in [2.05, 4.69) is 27.3 Å². The van der Waals surface area contributed by atoms with Gasteiger partial charge in [-0.15, -0.1) is 5.10 Å². The van der Waals surface area contributed by atoms with Crippen LogP contribution in [0.2, 0.25) is 0 Å². The lowest BCUT2D eigenvalue weighted by atomic mass is 10.1. The Morgan fingerprint density at radius 2 is 1.77 bits per heavy atom. The number of fused-ring (bicyclic) bond motifs is 3. The zero-order valence-corrected chi connectivity index (χ0v) is 16.6. The number of ether oxygens (including phenoxy) is 1. The van der Waals surface area contributed by atoms with Crippen LogP contribution in [0.15, 0.2) is 60.8 Å². The zero-order chi connectivity index (χ0) is 20.5. The van der Waals surface area contributed by atoms with Crippen molar-refractivity contribution in [1.29, 1.82) is 0 Å². The normalized spacial score (nSPS) is 11.4. The fourth-order valence-electron chi connectivity index (χ4n) is 3.49. The molecule has 0 unspecified atom stereocenters. The van der Waals surface area contributed by atoms with Gasteiger partial charge in [0.2, 0.25) is 5.95 Å². The molecule has 0 spiro atoms. The summed E-state index contributed by atoms with van der Waals surface area (Å²) in [6.45, 7) is 3.29. The Labute approximate surface area is 172 Å². The Morgan fingerprint density at radius 1 is 0.967 bits per heavy atom. The number of hydrogen-bond acceptors (Lipinski definition) is 6. The van der Waals surface area contributed by atoms with Crippen LogP contribution in [-0.4, -0.2) is 36.0 Å². The molecule has 0 bridgehead atoms. The number of nitrogens with two attached hydrogens (primary N) is 1. The second kappa shape index (κ2) is 7.47. The van der Waals surface area contributed by atoms with E-state index in [9.17, 15) is 0 Å². The molecular weight excluding hydrogens is 378 g/mol. The highest BCUT2D eigenvalue weighted by Gasteiger charge is 2.16. The van der Waals surface area contributed by atoms with E-state index >= 15 is 0 Å². The fourth-order valence-corrected chi connectivity index (χ4v) is 3.49. The molecule has 8 heteroatoms. The molecular formula is C22H21N7O. The molecule has 8 nitrogen and oxygen atoms in total. The summed E-state index contributed by atoms with van der Waals surface area (Å²) in [6, 6.07) is 18.0. The monoisotopic (exact) mass is 399 g/mol. The average Bonchev–Trinajstić information content (AvgIpc) is 3.39. The molecule has 0 fully saturated rings. The number of aryl methyl sites for hydroxylation is 2. The van der Waals surface area contributed by atoms with Crippen LogP contribution in [0.5, 0.6) is 5.75 Å². The second-order valence-corrected chi connectivity index (χ2v) is 6.94. The Balaban J connectivity index is 1.51. The third-order valence-corrected chi connectivity index (χ3v) is 4.98. The zero-order valence-electron chi connectivity index (χ0n) is 16.6. The average molecular weight is 399 g/mol. The number of rotatable bonds is 6. The van der Waals surface area contributed by atoms with Crippen molar-refractivity contribution in [2.75, 3.05) is 12.3 Å². The highest BCUT2D eigenvalue weighted by Crippen LogP contribution is 2.24. The summed E-state index contributed by atoms with van der Waals surface area (Å²) >= 11 is 0. The summed E-state index contributed by atoms with van der Waals surface area (Å²) in [4.78, 5) is 9.26. The van der Waals surface area contributed by atoms with Gasteiger partial charge in [-0.1, -0.05) is 30.3 Å². The van der Waals surface area contributed by atoms with Crippen molar-refractivity contribution in [3.63, 3.8) is 0 Å². The first-order chi connectivity index (χ1) is 14.7. The molecule has 0 radical (unpaired) electrons. The summed E-state index contributed by atoms with van der Waals surface area (Å²) in [5.74, 6) is 1.67. The van der Waals surface area contributed by atoms with Crippen LogP contribution >= 0.6 is 0 Å². The van der Waals surface area contributed by atoms with Crippen molar-refractivity contribution in [1.82, 2.24) is 29.4 Å². The van der Waals surface area contributed by atoms with Crippen LogP contribution in [0.3, 0.4) is 0 Å². The SMILES string of the molecule is CCOc1ccc(-c2nc3c4cnn(CCc5ccccc5)c4nc(N)n3n2)cc1. The predicted octanol–water partition coefficient (Wildman–Crippen LogP) is 3.36. The first-order valence-electron chi connectivity index (χ1n) is 9.88. The van der Waals surface area contributed by atoms with Crippen molar-refractivity contribution >= 4 is 22.6 Å². The highest BCUT2D eigenvalue weighted by atomic mass is 16.5. The number of benzene rings is 2. The highest BCUT2D eigenvalue weighted by molar-refractivity contribution is 5.90. The molecule has 2 aromatic carbocycles. The van der Waals surface area contributed by atoms with Crippen molar-refractivity contribution < 1.29 is 4.74 Å². The van der Waals surface area contributed by atoms with Crippen LogP contribution < -0.4 is 10.5 Å². The summed E-state index contributed by atoms with van der Waals surface area (Å²) < 4.78 is 8.93. The molecule has 150 valence electrons. The van der Waals surface area contributed by atoms with E-state index in [1.165, 1.54) is 5.56 Å². The van der Waals surface area contributed by atoms with Gasteiger partial charge in [0, 0.05) is 12.1 Å². The van der Waals surface area contributed by atoms with E-state index in [1.807, 2.05) is 54.1 Å². The molecule has 5 rings (SSSR count). The van der Waals surface area contributed by atoms with Gasteiger partial charge in [-0.05, 0) is 43.2 Å². The van der Waals surface area contributed by atoms with Crippen LogP contribution in [0.25, 0.3) is 28.1 Å². The van der Waals surface area contributed by atoms with Gasteiger partial charge in [0.05, 0.1) is 18.2 Å². The smallest absolute Gasteiger partial charge is 0.225 e. The molecule has 30 heavy (non-hydrogen) atoms. The van der Waals surface area contributed by atoms with Crippen LogP contribution in [-0.2, 0) is 13.0 Å². The molecule has 0 aliphatic rings. The molecule has 0 saturated heterocycles. The van der Waals surface area contributed by atoms with Gasteiger partial charge in [-0.2, -0.15) is 14.6 Å².